The van der Waals surface area contributed by atoms with Gasteiger partial charge in [-0.2, -0.15) is 0 Å². The van der Waals surface area contributed by atoms with Gasteiger partial charge in [0, 0.05) is 5.92 Å². The molecule has 3 atom stereocenters. The van der Waals surface area contributed by atoms with E-state index >= 15 is 0 Å². The molecule has 1 aliphatic carbocycles. The third kappa shape index (κ3) is 7.89. The minimum atomic E-state index is -1.49. The Balaban J connectivity index is 1.46. The highest BCUT2D eigenvalue weighted by Crippen LogP contribution is 2.44. The van der Waals surface area contributed by atoms with Crippen molar-refractivity contribution >= 4 is 29.7 Å². The molecule has 0 fully saturated rings. The summed E-state index contributed by atoms with van der Waals surface area (Å²) in [4.78, 5) is 63.8. The van der Waals surface area contributed by atoms with Gasteiger partial charge in [0.2, 0.25) is 11.7 Å². The Bertz CT molecular complexity index is 1480. The molecule has 3 aromatic carbocycles. The molecule has 10 nitrogen and oxygen atoms in total. The van der Waals surface area contributed by atoms with E-state index in [0.29, 0.717) is 5.56 Å². The third-order valence-electron chi connectivity index (χ3n) is 7.53. The number of carbonyl (C=O) groups is 5. The van der Waals surface area contributed by atoms with Crippen molar-refractivity contribution < 1.29 is 33.8 Å². The van der Waals surface area contributed by atoms with Crippen LogP contribution in [0.2, 0.25) is 0 Å². The first-order valence-corrected chi connectivity index (χ1v) is 14.6. The summed E-state index contributed by atoms with van der Waals surface area (Å²) in [5.74, 6) is -4.36. The maximum Gasteiger partial charge on any atom is 0.407 e. The zero-order chi connectivity index (χ0) is 31.8. The lowest BCUT2D eigenvalue weighted by Crippen LogP contribution is -2.59. The quantitative estimate of drug-likeness (QED) is 0.218. The fourth-order valence-corrected chi connectivity index (χ4v) is 5.40. The van der Waals surface area contributed by atoms with Crippen LogP contribution in [0.25, 0.3) is 11.1 Å². The van der Waals surface area contributed by atoms with Crippen LogP contribution in [0.15, 0.2) is 78.9 Å². The number of alkyl carbamates (subject to hydrolysis) is 1. The van der Waals surface area contributed by atoms with Crippen LogP contribution in [0.5, 0.6) is 0 Å². The molecule has 44 heavy (non-hydrogen) atoms. The number of ether oxygens (including phenoxy) is 1. The van der Waals surface area contributed by atoms with Crippen LogP contribution in [0.1, 0.15) is 49.8 Å². The zero-order valence-corrected chi connectivity index (χ0v) is 24.9. The van der Waals surface area contributed by atoms with Gasteiger partial charge in [-0.1, -0.05) is 92.7 Å². The van der Waals surface area contributed by atoms with Crippen molar-refractivity contribution in [2.24, 2.45) is 5.92 Å². The normalized spacial score (nSPS) is 14.0. The average molecular weight is 600 g/mol. The van der Waals surface area contributed by atoms with Gasteiger partial charge >= 0.3 is 12.1 Å². The molecule has 10 heteroatoms. The number of carboxylic acids is 1. The predicted molar refractivity (Wildman–Crippen MR) is 164 cm³/mol. The maximum absolute atomic E-state index is 13.3. The Morgan fingerprint density at radius 2 is 1.34 bits per heavy atom. The highest BCUT2D eigenvalue weighted by atomic mass is 16.5. The van der Waals surface area contributed by atoms with Crippen LogP contribution in [0.4, 0.5) is 4.79 Å². The van der Waals surface area contributed by atoms with E-state index in [4.69, 9.17) is 4.74 Å². The fourth-order valence-electron chi connectivity index (χ4n) is 5.40. The lowest BCUT2D eigenvalue weighted by atomic mass is 9.98. The first kappa shape index (κ1) is 31.9. The first-order chi connectivity index (χ1) is 21.0. The summed E-state index contributed by atoms with van der Waals surface area (Å²) in [6, 6.07) is 20.7. The molecule has 230 valence electrons. The molecule has 0 heterocycles. The predicted octanol–water partition coefficient (Wildman–Crippen LogP) is 3.83. The second kappa shape index (κ2) is 14.5. The van der Waals surface area contributed by atoms with Crippen LogP contribution in [-0.2, 0) is 30.3 Å². The summed E-state index contributed by atoms with van der Waals surface area (Å²) < 4.78 is 5.59. The topological polar surface area (TPSA) is 151 Å². The summed E-state index contributed by atoms with van der Waals surface area (Å²) in [7, 11) is 0. The van der Waals surface area contributed by atoms with Crippen LogP contribution in [0.3, 0.4) is 0 Å². The minimum absolute atomic E-state index is 0.0293. The first-order valence-electron chi connectivity index (χ1n) is 14.6. The van der Waals surface area contributed by atoms with E-state index in [-0.39, 0.29) is 31.3 Å². The van der Waals surface area contributed by atoms with Crippen molar-refractivity contribution in [1.82, 2.24) is 16.0 Å². The monoisotopic (exact) mass is 599 g/mol. The lowest BCUT2D eigenvalue weighted by molar-refractivity contribution is -0.145. The second-order valence-electron chi connectivity index (χ2n) is 11.3. The summed E-state index contributed by atoms with van der Waals surface area (Å²) in [6.45, 7) is 5.07. The van der Waals surface area contributed by atoms with Crippen molar-refractivity contribution in [2.75, 3.05) is 6.61 Å². The SMILES string of the molecule is CC(C)C[C@H](NC(=O)C(=O)[C@@H](NC(=O)Cc1ccccc1)[C@@H](C)NC(=O)OCC1c2ccccc2-c2ccccc21)C(=O)O. The highest BCUT2D eigenvalue weighted by Gasteiger charge is 2.35. The van der Waals surface area contributed by atoms with Gasteiger partial charge in [-0.05, 0) is 47.1 Å². The largest absolute Gasteiger partial charge is 0.480 e. The fraction of sp³-hybridized carbons (Fsp3) is 0.324. The molecule has 0 aromatic heterocycles. The number of aliphatic carboxylic acids is 1. The summed E-state index contributed by atoms with van der Waals surface area (Å²) >= 11 is 0. The summed E-state index contributed by atoms with van der Waals surface area (Å²) in [5.41, 5.74) is 4.88. The van der Waals surface area contributed by atoms with Gasteiger partial charge in [-0.3, -0.25) is 14.4 Å². The number of ketones is 1. The summed E-state index contributed by atoms with van der Waals surface area (Å²) in [6.07, 6.45) is -0.805. The average Bonchev–Trinajstić information content (AvgIpc) is 3.31. The van der Waals surface area contributed by atoms with Crippen LogP contribution in [0, 0.1) is 5.92 Å². The Morgan fingerprint density at radius 1 is 0.773 bits per heavy atom. The Morgan fingerprint density at radius 3 is 1.91 bits per heavy atom. The molecule has 0 unspecified atom stereocenters. The van der Waals surface area contributed by atoms with Gasteiger partial charge in [-0.25, -0.2) is 9.59 Å². The van der Waals surface area contributed by atoms with Crippen molar-refractivity contribution in [3.63, 3.8) is 0 Å². The lowest BCUT2D eigenvalue weighted by Gasteiger charge is -2.25. The van der Waals surface area contributed by atoms with Crippen LogP contribution in [-0.4, -0.2) is 59.5 Å². The third-order valence-corrected chi connectivity index (χ3v) is 7.53. The smallest absolute Gasteiger partial charge is 0.407 e. The molecular formula is C34H37N3O7. The number of hydrogen-bond acceptors (Lipinski definition) is 6. The number of carboxylic acid groups (broad SMARTS) is 1. The number of nitrogens with one attached hydrogen (secondary N) is 3. The molecule has 4 N–H and O–H groups in total. The van der Waals surface area contributed by atoms with E-state index in [1.165, 1.54) is 6.92 Å². The van der Waals surface area contributed by atoms with E-state index in [9.17, 15) is 29.1 Å². The van der Waals surface area contributed by atoms with Gasteiger partial charge in [0.25, 0.3) is 5.91 Å². The molecule has 0 spiro atoms. The molecule has 0 saturated heterocycles. The van der Waals surface area contributed by atoms with E-state index in [2.05, 4.69) is 16.0 Å². The standard InChI is InChI=1S/C34H37N3O7/c1-20(2)17-28(33(41)42)36-32(40)31(39)30(37-29(38)18-22-11-5-4-6-12-22)21(3)35-34(43)44-19-27-25-15-9-7-13-23(25)24-14-8-10-16-26(24)27/h4-16,20-21,27-28,30H,17-19H2,1-3H3,(H,35,43)(H,36,40)(H,37,38)(H,41,42)/t21-,28+,30+/m1/s1. The molecule has 3 amide bonds. The number of rotatable bonds is 13. The van der Waals surface area contributed by atoms with Gasteiger partial charge in [0.15, 0.2) is 0 Å². The maximum atomic E-state index is 13.3. The number of Topliss-reactive ketones (excluding diaryl/α,β-unsaturated/α-hetero) is 1. The van der Waals surface area contributed by atoms with Crippen LogP contribution >= 0.6 is 0 Å². The number of benzene rings is 3. The Kier molecular flexibility index (Phi) is 10.5. The highest BCUT2D eigenvalue weighted by molar-refractivity contribution is 6.39. The molecule has 1 aliphatic rings. The van der Waals surface area contributed by atoms with Crippen LogP contribution < -0.4 is 16.0 Å². The van der Waals surface area contributed by atoms with Gasteiger partial charge in [0.1, 0.15) is 18.7 Å². The number of amides is 3. The molecule has 0 bridgehead atoms. The minimum Gasteiger partial charge on any atom is -0.480 e. The number of carbonyl (C=O) groups excluding carboxylic acids is 4. The van der Waals surface area contributed by atoms with E-state index in [1.807, 2.05) is 48.5 Å². The van der Waals surface area contributed by atoms with Crippen molar-refractivity contribution in [3.05, 3.63) is 95.6 Å². The van der Waals surface area contributed by atoms with Gasteiger partial charge < -0.3 is 25.8 Å². The molecular weight excluding hydrogens is 562 g/mol. The zero-order valence-electron chi connectivity index (χ0n) is 24.9. The summed E-state index contributed by atoms with van der Waals surface area (Å²) in [5, 5.41) is 16.9. The van der Waals surface area contributed by atoms with Gasteiger partial charge in [-0.15, -0.1) is 0 Å². The molecule has 3 aromatic rings. The molecule has 0 aliphatic heterocycles. The van der Waals surface area contributed by atoms with E-state index in [1.54, 1.807) is 44.2 Å². The van der Waals surface area contributed by atoms with E-state index in [0.717, 1.165) is 22.3 Å². The number of fused-ring (bicyclic) bond motifs is 3. The number of hydrogen-bond donors (Lipinski definition) is 4. The Hall–Kier alpha value is -4.99. The van der Waals surface area contributed by atoms with Crippen molar-refractivity contribution in [2.45, 2.75) is 57.7 Å². The molecule has 4 rings (SSSR count). The van der Waals surface area contributed by atoms with Gasteiger partial charge in [0.05, 0.1) is 12.5 Å². The molecule has 0 radical (unpaired) electrons. The second-order valence-corrected chi connectivity index (χ2v) is 11.3. The Labute approximate surface area is 256 Å². The molecule has 0 saturated carbocycles. The van der Waals surface area contributed by atoms with Crippen molar-refractivity contribution in [3.8, 4) is 11.1 Å². The van der Waals surface area contributed by atoms with Crippen molar-refractivity contribution in [1.29, 1.82) is 0 Å². The van der Waals surface area contributed by atoms with E-state index < -0.39 is 47.8 Å².